The fourth-order valence-corrected chi connectivity index (χ4v) is 5.68. The van der Waals surface area contributed by atoms with Gasteiger partial charge in [-0.2, -0.15) is 0 Å². The Bertz CT molecular complexity index is 1560. The third kappa shape index (κ3) is 8.94. The van der Waals surface area contributed by atoms with Gasteiger partial charge in [0.1, 0.15) is 11.3 Å². The first-order chi connectivity index (χ1) is 21.4. The van der Waals surface area contributed by atoms with Crippen molar-refractivity contribution in [2.24, 2.45) is 0 Å². The number of likely N-dealkylation sites (N-methyl/N-ethyl adjacent to an activating group) is 1. The van der Waals surface area contributed by atoms with Gasteiger partial charge in [-0.05, 0) is 55.6 Å². The number of carbonyl (C=O) groups is 4. The molecule has 238 valence electrons. The maximum Gasteiger partial charge on any atom is 0.414 e. The predicted octanol–water partition coefficient (Wildman–Crippen LogP) is 4.77. The number of esters is 1. The van der Waals surface area contributed by atoms with Gasteiger partial charge < -0.3 is 29.5 Å². The fourth-order valence-electron chi connectivity index (χ4n) is 4.20. The van der Waals surface area contributed by atoms with Crippen LogP contribution in [0.4, 0.5) is 11.4 Å². The number of hydrogen-bond acceptors (Lipinski definition) is 10. The molecule has 1 heterocycles. The topological polar surface area (TPSA) is 177 Å². The Hall–Kier alpha value is -4.66. The van der Waals surface area contributed by atoms with E-state index in [9.17, 15) is 19.7 Å². The van der Waals surface area contributed by atoms with Crippen LogP contribution >= 0.6 is 23.4 Å². The lowest BCUT2D eigenvalue weighted by Gasteiger charge is -2.29. The van der Waals surface area contributed by atoms with E-state index in [2.05, 4.69) is 4.90 Å². The van der Waals surface area contributed by atoms with E-state index in [0.29, 0.717) is 24.5 Å². The average molecular weight is 660 g/mol. The van der Waals surface area contributed by atoms with E-state index in [1.54, 1.807) is 24.1 Å². The summed E-state index contributed by atoms with van der Waals surface area (Å²) in [5.41, 5.74) is 0.674. The second-order valence-corrected chi connectivity index (χ2v) is 11.1. The molecule has 3 aromatic rings. The van der Waals surface area contributed by atoms with Crippen LogP contribution in [0.15, 0.2) is 71.6 Å². The number of thioether (sulfide) groups is 1. The van der Waals surface area contributed by atoms with Gasteiger partial charge in [0.15, 0.2) is 6.10 Å². The van der Waals surface area contributed by atoms with E-state index in [1.165, 1.54) is 23.9 Å². The molecule has 3 aromatic carbocycles. The Morgan fingerprint density at radius 2 is 1.71 bits per heavy atom. The number of rotatable bonds is 9. The highest BCUT2D eigenvalue weighted by molar-refractivity contribution is 7.99. The monoisotopic (exact) mass is 659 g/mol. The predicted molar refractivity (Wildman–Crippen MR) is 166 cm³/mol. The number of halogens is 1. The van der Waals surface area contributed by atoms with Crippen molar-refractivity contribution in [3.8, 4) is 5.75 Å². The maximum absolute atomic E-state index is 14.2. The van der Waals surface area contributed by atoms with Crippen LogP contribution < -0.4 is 9.64 Å². The molecule has 45 heavy (non-hydrogen) atoms. The van der Waals surface area contributed by atoms with Gasteiger partial charge in [-0.1, -0.05) is 42.8 Å². The van der Waals surface area contributed by atoms with E-state index < -0.39 is 45.8 Å². The summed E-state index contributed by atoms with van der Waals surface area (Å²) in [4.78, 5) is 61.3. The normalized spacial score (nSPS) is 15.7. The van der Waals surface area contributed by atoms with Crippen LogP contribution in [0.2, 0.25) is 5.02 Å². The van der Waals surface area contributed by atoms with Gasteiger partial charge in [-0.3, -0.25) is 14.9 Å². The van der Waals surface area contributed by atoms with E-state index in [0.717, 1.165) is 23.1 Å². The van der Waals surface area contributed by atoms with E-state index in [-0.39, 0.29) is 10.6 Å². The summed E-state index contributed by atoms with van der Waals surface area (Å²) in [6, 6.07) is 18.4. The number of anilines is 1. The number of nitro benzene ring substituents is 1. The SMILES string of the molecule is CCN(C)CCN1C(=O)C(OC(=O)c2ccc(Cl)cc2[N+](=O)[O-])C(c2ccc(OC)cc2)Sc2ccccc21.O=C(O)C(=O)O. The Morgan fingerprint density at radius 3 is 2.29 bits per heavy atom. The molecule has 0 saturated heterocycles. The fraction of sp³-hybridized carbons (Fsp3) is 0.267. The summed E-state index contributed by atoms with van der Waals surface area (Å²) in [5.74, 6) is -4.40. The lowest BCUT2D eigenvalue weighted by molar-refractivity contribution is -0.385. The zero-order valence-electron chi connectivity index (χ0n) is 24.4. The van der Waals surface area contributed by atoms with Gasteiger partial charge in [0.05, 0.1) is 23.0 Å². The van der Waals surface area contributed by atoms with Gasteiger partial charge in [-0.25, -0.2) is 14.4 Å². The van der Waals surface area contributed by atoms with E-state index in [4.69, 9.17) is 40.9 Å². The summed E-state index contributed by atoms with van der Waals surface area (Å²) in [7, 11) is 3.52. The first-order valence-electron chi connectivity index (χ1n) is 13.4. The first-order valence-corrected chi connectivity index (χ1v) is 14.6. The molecule has 2 atom stereocenters. The Kier molecular flexibility index (Phi) is 12.3. The zero-order chi connectivity index (χ0) is 33.3. The number of ether oxygens (including phenoxy) is 2. The highest BCUT2D eigenvalue weighted by atomic mass is 35.5. The molecule has 2 N–H and O–H groups in total. The molecule has 1 amide bonds. The standard InChI is InChI=1S/C28H28ClN3O6S.C2H2O4/c1-4-30(2)15-16-31-22-7-5-6-8-24(22)39-26(18-9-12-20(37-3)13-10-18)25(27(31)33)38-28(34)21-14-11-19(29)17-23(21)32(35)36;3-1(4)2(5)6/h5-14,17,25-26H,4,15-16H2,1-3H3;(H,3,4)(H,5,6). The zero-order valence-corrected chi connectivity index (χ0v) is 26.0. The number of carbonyl (C=O) groups excluding carboxylic acids is 2. The molecule has 1 aliphatic rings. The number of benzene rings is 3. The smallest absolute Gasteiger partial charge is 0.414 e. The van der Waals surface area contributed by atoms with Crippen molar-refractivity contribution in [2.75, 3.05) is 38.7 Å². The maximum atomic E-state index is 14.2. The highest BCUT2D eigenvalue weighted by Crippen LogP contribution is 2.47. The number of fused-ring (bicyclic) bond motifs is 1. The molecule has 0 aromatic heterocycles. The molecule has 0 aliphatic carbocycles. The van der Waals surface area contributed by atoms with Crippen molar-refractivity contribution in [1.82, 2.24) is 4.90 Å². The summed E-state index contributed by atoms with van der Waals surface area (Å²) in [6.07, 6.45) is -1.27. The van der Waals surface area contributed by atoms with Gasteiger partial charge in [-0.15, -0.1) is 11.8 Å². The number of para-hydroxylation sites is 1. The molecule has 0 spiro atoms. The number of nitro groups is 1. The Morgan fingerprint density at radius 1 is 1.07 bits per heavy atom. The van der Waals surface area contributed by atoms with Crippen molar-refractivity contribution >= 4 is 58.6 Å². The number of hydrogen-bond donors (Lipinski definition) is 2. The van der Waals surface area contributed by atoms with Crippen LogP contribution in [0.3, 0.4) is 0 Å². The van der Waals surface area contributed by atoms with Gasteiger partial charge in [0.2, 0.25) is 0 Å². The molecule has 4 rings (SSSR count). The minimum Gasteiger partial charge on any atom is -0.497 e. The second kappa shape index (κ2) is 15.9. The second-order valence-electron chi connectivity index (χ2n) is 9.52. The number of amides is 1. The average Bonchev–Trinajstić information content (AvgIpc) is 3.13. The Labute approximate surface area is 267 Å². The minimum absolute atomic E-state index is 0.108. The van der Waals surface area contributed by atoms with Crippen LogP contribution in [0, 0.1) is 10.1 Å². The number of carboxylic acids is 2. The summed E-state index contributed by atoms with van der Waals surface area (Å²) in [6.45, 7) is 3.78. The van der Waals surface area contributed by atoms with Crippen LogP contribution in [-0.2, 0) is 19.1 Å². The number of nitrogens with zero attached hydrogens (tertiary/aromatic N) is 3. The first kappa shape index (κ1) is 34.8. The van der Waals surface area contributed by atoms with Gasteiger partial charge in [0, 0.05) is 29.1 Å². The van der Waals surface area contributed by atoms with E-state index in [1.807, 2.05) is 50.4 Å². The van der Waals surface area contributed by atoms with E-state index >= 15 is 0 Å². The van der Waals surface area contributed by atoms with Crippen molar-refractivity contribution < 1.29 is 43.8 Å². The van der Waals surface area contributed by atoms with Crippen molar-refractivity contribution in [2.45, 2.75) is 23.2 Å². The van der Waals surface area contributed by atoms with Crippen molar-refractivity contribution in [3.05, 3.63) is 93.0 Å². The largest absolute Gasteiger partial charge is 0.497 e. The number of aliphatic carboxylic acids is 2. The van der Waals surface area contributed by atoms with Crippen LogP contribution in [0.1, 0.15) is 28.1 Å². The molecular weight excluding hydrogens is 630 g/mol. The third-order valence-corrected chi connectivity index (χ3v) is 8.28. The highest BCUT2D eigenvalue weighted by Gasteiger charge is 2.42. The lowest BCUT2D eigenvalue weighted by atomic mass is 10.0. The molecule has 13 nitrogen and oxygen atoms in total. The van der Waals surface area contributed by atoms with Crippen LogP contribution in [0.25, 0.3) is 0 Å². The molecule has 0 saturated carbocycles. The van der Waals surface area contributed by atoms with Crippen LogP contribution in [-0.4, -0.2) is 83.7 Å². The summed E-state index contributed by atoms with van der Waals surface area (Å²) in [5, 5.41) is 25.9. The molecule has 0 fully saturated rings. The third-order valence-electron chi connectivity index (χ3n) is 6.68. The van der Waals surface area contributed by atoms with Crippen LogP contribution in [0.5, 0.6) is 5.75 Å². The lowest BCUT2D eigenvalue weighted by Crippen LogP contribution is -2.45. The van der Waals surface area contributed by atoms with Gasteiger partial charge >= 0.3 is 17.9 Å². The molecule has 0 radical (unpaired) electrons. The Balaban J connectivity index is 0.000000838. The van der Waals surface area contributed by atoms with Crippen molar-refractivity contribution in [1.29, 1.82) is 0 Å². The molecule has 2 unspecified atom stereocenters. The molecule has 0 bridgehead atoms. The number of methoxy groups -OCH3 is 1. The van der Waals surface area contributed by atoms with Crippen molar-refractivity contribution in [3.63, 3.8) is 0 Å². The molecule has 15 heteroatoms. The van der Waals surface area contributed by atoms with Gasteiger partial charge in [0.25, 0.3) is 11.6 Å². The molecular formula is C30H30ClN3O10S. The molecule has 1 aliphatic heterocycles. The summed E-state index contributed by atoms with van der Waals surface area (Å²) >= 11 is 7.34. The quantitative estimate of drug-likeness (QED) is 0.139. The number of carboxylic acid groups (broad SMARTS) is 2. The minimum atomic E-state index is -1.82. The summed E-state index contributed by atoms with van der Waals surface area (Å²) < 4.78 is 11.2.